The van der Waals surface area contributed by atoms with Crippen molar-refractivity contribution in [2.45, 2.75) is 7.43 Å². The molecule has 0 aliphatic carbocycles. The number of H-pyrrole nitrogens is 2. The highest BCUT2D eigenvalue weighted by atomic mass is 127. The van der Waals surface area contributed by atoms with E-state index in [-0.39, 0.29) is 18.8 Å². The summed E-state index contributed by atoms with van der Waals surface area (Å²) in [4.78, 5) is 35.1. The Kier molecular flexibility index (Phi) is 5.67. The maximum absolute atomic E-state index is 11.3. The fraction of sp³-hybridized carbons (Fsp3) is 0.0769. The molecule has 2 N–H and O–H groups in total. The molecular weight excluding hydrogens is 470 g/mol. The Morgan fingerprint density at radius 3 is 2.33 bits per heavy atom. The van der Waals surface area contributed by atoms with Crippen molar-refractivity contribution in [1.29, 1.82) is 0 Å². The lowest BCUT2D eigenvalue weighted by atomic mass is 10.6. The van der Waals surface area contributed by atoms with Crippen LogP contribution in [0.3, 0.4) is 0 Å². The topological polar surface area (TPSA) is 100 Å². The molecule has 0 saturated carbocycles. The van der Waals surface area contributed by atoms with E-state index in [0.29, 0.717) is 21.6 Å². The first-order chi connectivity index (χ1) is 11.0. The smallest absolute Gasteiger partial charge is 0.297 e. The van der Waals surface area contributed by atoms with E-state index in [4.69, 9.17) is 23.2 Å². The van der Waals surface area contributed by atoms with Gasteiger partial charge in [-0.05, 0) is 22.6 Å². The van der Waals surface area contributed by atoms with Gasteiger partial charge in [0.25, 0.3) is 0 Å². The lowest BCUT2D eigenvalue weighted by Crippen LogP contribution is -2.16. The van der Waals surface area contributed by atoms with Crippen molar-refractivity contribution in [3.05, 3.63) is 65.7 Å². The average Bonchev–Trinajstić information content (AvgIpc) is 3.06. The monoisotopic (exact) mass is 480 g/mol. The zero-order valence-electron chi connectivity index (χ0n) is 11.1. The molecule has 8 nitrogen and oxygen atoms in total. The quantitative estimate of drug-likeness (QED) is 0.298. The number of nitrogens with one attached hydrogen (secondary N) is 2. The van der Waals surface area contributed by atoms with Crippen LogP contribution in [0, 0.1) is 3.70 Å². The summed E-state index contributed by atoms with van der Waals surface area (Å²) in [5, 5.41) is 0.600. The van der Waals surface area contributed by atoms with Gasteiger partial charge in [0.2, 0.25) is 0 Å². The average molecular weight is 481 g/mol. The van der Waals surface area contributed by atoms with Gasteiger partial charge in [0.05, 0.1) is 6.20 Å². The van der Waals surface area contributed by atoms with Crippen molar-refractivity contribution < 1.29 is 0 Å². The molecule has 0 radical (unpaired) electrons. The SMILES string of the molecule is C.O=c1[nH]c(Cl)cc2ncc(I)n12.O=c1[nH]c(Cl)cc2nccn12. The minimum Gasteiger partial charge on any atom is -0.297 e. The molecule has 4 aromatic rings. The van der Waals surface area contributed by atoms with Gasteiger partial charge in [-0.15, -0.1) is 0 Å². The largest absolute Gasteiger partial charge is 0.333 e. The summed E-state index contributed by atoms with van der Waals surface area (Å²) in [7, 11) is 0. The predicted octanol–water partition coefficient (Wildman–Crippen LogP) is 2.59. The zero-order valence-corrected chi connectivity index (χ0v) is 14.8. The summed E-state index contributed by atoms with van der Waals surface area (Å²) >= 11 is 13.2. The minimum absolute atomic E-state index is 0. The molecule has 126 valence electrons. The molecule has 11 heteroatoms. The summed E-state index contributed by atoms with van der Waals surface area (Å²) in [6, 6.07) is 3.19. The lowest BCUT2D eigenvalue weighted by molar-refractivity contribution is 0.984. The summed E-state index contributed by atoms with van der Waals surface area (Å²) in [5.74, 6) is 0. The molecule has 0 aliphatic rings. The predicted molar refractivity (Wildman–Crippen MR) is 101 cm³/mol. The Labute approximate surface area is 158 Å². The number of nitrogens with zero attached hydrogens (tertiary/aromatic N) is 4. The van der Waals surface area contributed by atoms with E-state index in [1.54, 1.807) is 30.7 Å². The number of aromatic nitrogens is 6. The second-order valence-corrected chi connectivity index (χ2v) is 6.19. The van der Waals surface area contributed by atoms with E-state index in [1.165, 1.54) is 8.80 Å². The Morgan fingerprint density at radius 1 is 1.00 bits per heavy atom. The Hall–Kier alpha value is -1.85. The molecule has 0 bridgehead atoms. The van der Waals surface area contributed by atoms with Crippen molar-refractivity contribution in [2.75, 3.05) is 0 Å². The van der Waals surface area contributed by atoms with E-state index in [0.717, 1.165) is 3.70 Å². The van der Waals surface area contributed by atoms with E-state index in [1.807, 2.05) is 22.6 Å². The third-order valence-electron chi connectivity index (χ3n) is 2.80. The minimum atomic E-state index is -0.273. The highest BCUT2D eigenvalue weighted by Gasteiger charge is 2.03. The molecule has 0 atom stereocenters. The summed E-state index contributed by atoms with van der Waals surface area (Å²) in [5.41, 5.74) is 0.580. The Morgan fingerprint density at radius 2 is 1.62 bits per heavy atom. The van der Waals surface area contributed by atoms with Gasteiger partial charge in [-0.25, -0.2) is 24.0 Å². The van der Waals surface area contributed by atoms with Crippen LogP contribution >= 0.6 is 45.8 Å². The maximum Gasteiger partial charge on any atom is 0.333 e. The van der Waals surface area contributed by atoms with Crippen LogP contribution in [0.15, 0.2) is 40.3 Å². The van der Waals surface area contributed by atoms with Crippen LogP contribution in [0.5, 0.6) is 0 Å². The molecule has 0 saturated heterocycles. The molecular formula is C13H11Cl2IN6O2. The van der Waals surface area contributed by atoms with Crippen molar-refractivity contribution in [3.8, 4) is 0 Å². The molecule has 0 unspecified atom stereocenters. The molecule has 0 amide bonds. The number of aromatic amines is 2. The van der Waals surface area contributed by atoms with Gasteiger partial charge < -0.3 is 0 Å². The number of rotatable bonds is 0. The zero-order chi connectivity index (χ0) is 16.6. The molecule has 4 rings (SSSR count). The van der Waals surface area contributed by atoms with Crippen molar-refractivity contribution in [1.82, 2.24) is 28.7 Å². The maximum atomic E-state index is 11.3. The van der Waals surface area contributed by atoms with E-state index < -0.39 is 0 Å². The number of hydrogen-bond donors (Lipinski definition) is 2. The molecule has 0 fully saturated rings. The van der Waals surface area contributed by atoms with Gasteiger partial charge >= 0.3 is 11.4 Å². The Bertz CT molecular complexity index is 1110. The van der Waals surface area contributed by atoms with Gasteiger partial charge in [-0.3, -0.25) is 14.4 Å². The number of fused-ring (bicyclic) bond motifs is 2. The summed E-state index contributed by atoms with van der Waals surface area (Å²) < 4.78 is 3.60. The second kappa shape index (κ2) is 7.36. The van der Waals surface area contributed by atoms with Gasteiger partial charge in [0.1, 0.15) is 25.3 Å². The number of imidazole rings is 2. The first kappa shape index (κ1) is 18.5. The van der Waals surface area contributed by atoms with E-state index in [2.05, 4.69) is 19.9 Å². The third kappa shape index (κ3) is 3.62. The third-order valence-corrected chi connectivity index (χ3v) is 3.97. The van der Waals surface area contributed by atoms with Crippen LogP contribution in [0.1, 0.15) is 7.43 Å². The Balaban J connectivity index is 0.000000167. The highest BCUT2D eigenvalue weighted by molar-refractivity contribution is 14.1. The van der Waals surface area contributed by atoms with Crippen molar-refractivity contribution in [2.24, 2.45) is 0 Å². The fourth-order valence-corrected chi connectivity index (χ4v) is 2.82. The molecule has 0 spiro atoms. The normalized spacial score (nSPS) is 10.3. The van der Waals surface area contributed by atoms with E-state index >= 15 is 0 Å². The standard InChI is InChI=1S/C6H3ClIN3O.C6H4ClN3O.CH4/c7-3-1-5-9-2-4(8)11(5)6(12)10-3;7-4-3-5-8-1-2-10(5)6(11)9-4;/h1-2H,(H,10,12);1-3H,(H,9,11);1H4. The van der Waals surface area contributed by atoms with Crippen LogP contribution in [0.4, 0.5) is 0 Å². The van der Waals surface area contributed by atoms with Crippen LogP contribution in [0.2, 0.25) is 10.3 Å². The van der Waals surface area contributed by atoms with Crippen LogP contribution in [-0.4, -0.2) is 28.7 Å². The van der Waals surface area contributed by atoms with Crippen LogP contribution in [-0.2, 0) is 0 Å². The second-order valence-electron chi connectivity index (χ2n) is 4.27. The van der Waals surface area contributed by atoms with Crippen LogP contribution in [0.25, 0.3) is 11.3 Å². The van der Waals surface area contributed by atoms with Gasteiger partial charge in [0, 0.05) is 24.5 Å². The highest BCUT2D eigenvalue weighted by Crippen LogP contribution is 2.08. The molecule has 4 heterocycles. The summed E-state index contributed by atoms with van der Waals surface area (Å²) in [6.07, 6.45) is 4.73. The number of halogens is 3. The van der Waals surface area contributed by atoms with Crippen LogP contribution < -0.4 is 11.4 Å². The fourth-order valence-electron chi connectivity index (χ4n) is 1.86. The molecule has 4 aromatic heterocycles. The van der Waals surface area contributed by atoms with Gasteiger partial charge in [0.15, 0.2) is 0 Å². The molecule has 24 heavy (non-hydrogen) atoms. The van der Waals surface area contributed by atoms with Gasteiger partial charge in [-0.2, -0.15) is 0 Å². The van der Waals surface area contributed by atoms with E-state index in [9.17, 15) is 9.59 Å². The van der Waals surface area contributed by atoms with Crippen molar-refractivity contribution >= 4 is 57.1 Å². The molecule has 0 aromatic carbocycles. The lowest BCUT2D eigenvalue weighted by Gasteiger charge is -1.93. The number of hydrogen-bond acceptors (Lipinski definition) is 4. The summed E-state index contributed by atoms with van der Waals surface area (Å²) in [6.45, 7) is 0. The first-order valence-electron chi connectivity index (χ1n) is 6.09. The van der Waals surface area contributed by atoms with Gasteiger partial charge in [-0.1, -0.05) is 30.6 Å². The first-order valence-corrected chi connectivity index (χ1v) is 7.93. The van der Waals surface area contributed by atoms with Crippen molar-refractivity contribution in [3.63, 3.8) is 0 Å². The molecule has 0 aliphatic heterocycles.